The van der Waals surface area contributed by atoms with Crippen LogP contribution >= 0.6 is 0 Å². The van der Waals surface area contributed by atoms with Gasteiger partial charge in [-0.05, 0) is 5.41 Å². The normalized spacial score (nSPS) is 47.8. The highest BCUT2D eigenvalue weighted by atomic mass is 16.4. The predicted octanol–water partition coefficient (Wildman–Crippen LogP) is 1.49. The zero-order chi connectivity index (χ0) is 10.0. The first-order chi connectivity index (χ1) is 5.85. The molecule has 2 aliphatic rings. The molecule has 2 saturated carbocycles. The molecule has 3 atom stereocenters. The van der Waals surface area contributed by atoms with Crippen LogP contribution in [0, 0.1) is 22.7 Å². The molecule has 2 rings (SSSR count). The summed E-state index contributed by atoms with van der Waals surface area (Å²) in [5, 5.41) is 22.3. The van der Waals surface area contributed by atoms with Crippen LogP contribution in [0.25, 0.3) is 0 Å². The second kappa shape index (κ2) is 2.08. The number of hydrogen-bond donors (Lipinski definition) is 2. The van der Waals surface area contributed by atoms with Crippen molar-refractivity contribution in [3.05, 3.63) is 0 Å². The van der Waals surface area contributed by atoms with E-state index in [0.717, 1.165) is 5.71 Å². The fourth-order valence-electron chi connectivity index (χ4n) is 2.98. The molecule has 0 aromatic carbocycles. The lowest BCUT2D eigenvalue weighted by Crippen LogP contribution is -2.36. The molecule has 0 bridgehead atoms. The molecule has 2 N–H and O–H groups in total. The van der Waals surface area contributed by atoms with Crippen LogP contribution in [0.3, 0.4) is 0 Å². The van der Waals surface area contributed by atoms with E-state index >= 15 is 0 Å². The van der Waals surface area contributed by atoms with Crippen molar-refractivity contribution in [2.45, 2.75) is 33.8 Å². The minimum atomic E-state index is -0.363. The Morgan fingerprint density at radius 3 is 2.08 bits per heavy atom. The molecule has 2 fully saturated rings. The summed E-state index contributed by atoms with van der Waals surface area (Å²) < 4.78 is 0. The van der Waals surface area contributed by atoms with E-state index in [1.54, 1.807) is 0 Å². The fourth-order valence-corrected chi connectivity index (χ4v) is 2.98. The van der Waals surface area contributed by atoms with Crippen LogP contribution in [0.1, 0.15) is 27.7 Å². The van der Waals surface area contributed by atoms with Gasteiger partial charge >= 0.3 is 0 Å². The third-order valence-electron chi connectivity index (χ3n) is 4.05. The van der Waals surface area contributed by atoms with Crippen molar-refractivity contribution in [1.82, 2.24) is 0 Å². The van der Waals surface area contributed by atoms with Gasteiger partial charge in [0.15, 0.2) is 0 Å². The monoisotopic (exact) mass is 183 g/mol. The van der Waals surface area contributed by atoms with Gasteiger partial charge in [-0.2, -0.15) is 0 Å². The van der Waals surface area contributed by atoms with Crippen LogP contribution in [0.5, 0.6) is 0 Å². The SMILES string of the molecule is CC1(C)/C(=N/O)[C@@H]2[C@H]([C@@H]1O)C2(C)C. The van der Waals surface area contributed by atoms with Gasteiger partial charge in [0.05, 0.1) is 11.8 Å². The van der Waals surface area contributed by atoms with Gasteiger partial charge in [0.2, 0.25) is 0 Å². The molecule has 0 heterocycles. The van der Waals surface area contributed by atoms with Crippen LogP contribution in [-0.4, -0.2) is 22.1 Å². The lowest BCUT2D eigenvalue weighted by atomic mass is 9.79. The number of hydrogen-bond acceptors (Lipinski definition) is 3. The molecule has 0 saturated heterocycles. The molecule has 3 heteroatoms. The third kappa shape index (κ3) is 0.810. The van der Waals surface area contributed by atoms with Crippen LogP contribution in [0.2, 0.25) is 0 Å². The van der Waals surface area contributed by atoms with Crippen molar-refractivity contribution >= 4 is 5.71 Å². The Balaban J connectivity index is 2.39. The Morgan fingerprint density at radius 2 is 1.77 bits per heavy atom. The number of aliphatic hydroxyl groups excluding tert-OH is 1. The second-order valence-electron chi connectivity index (χ2n) is 5.48. The molecule has 0 spiro atoms. The first-order valence-electron chi connectivity index (χ1n) is 4.75. The first-order valence-corrected chi connectivity index (χ1v) is 4.75. The third-order valence-corrected chi connectivity index (χ3v) is 4.05. The Morgan fingerprint density at radius 1 is 1.23 bits per heavy atom. The van der Waals surface area contributed by atoms with Gasteiger partial charge in [0.1, 0.15) is 0 Å². The molecule has 3 nitrogen and oxygen atoms in total. The number of nitrogens with zero attached hydrogens (tertiary/aromatic N) is 1. The number of aliphatic hydroxyl groups is 1. The molecule has 74 valence electrons. The van der Waals surface area contributed by atoms with Crippen molar-refractivity contribution in [3.8, 4) is 0 Å². The number of rotatable bonds is 0. The quantitative estimate of drug-likeness (QED) is 0.441. The smallest absolute Gasteiger partial charge is 0.0692 e. The Bertz CT molecular complexity index is 281. The molecule has 0 unspecified atom stereocenters. The molecule has 0 aromatic heterocycles. The first kappa shape index (κ1) is 9.00. The molecule has 2 aliphatic carbocycles. The van der Waals surface area contributed by atoms with Crippen LogP contribution in [0.15, 0.2) is 5.16 Å². The van der Waals surface area contributed by atoms with Crippen LogP contribution in [-0.2, 0) is 0 Å². The average molecular weight is 183 g/mol. The summed E-state index contributed by atoms with van der Waals surface area (Å²) in [6.07, 6.45) is -0.363. The minimum absolute atomic E-state index is 0.122. The van der Waals surface area contributed by atoms with Crippen molar-refractivity contribution in [3.63, 3.8) is 0 Å². The van der Waals surface area contributed by atoms with Crippen LogP contribution < -0.4 is 0 Å². The lowest BCUT2D eigenvalue weighted by molar-refractivity contribution is 0.0686. The van der Waals surface area contributed by atoms with E-state index in [2.05, 4.69) is 19.0 Å². The second-order valence-corrected chi connectivity index (χ2v) is 5.48. The predicted molar refractivity (Wildman–Crippen MR) is 49.8 cm³/mol. The molecular formula is C10H17NO2. The van der Waals surface area contributed by atoms with Gasteiger partial charge in [-0.3, -0.25) is 0 Å². The van der Waals surface area contributed by atoms with Gasteiger partial charge in [-0.1, -0.05) is 32.9 Å². The van der Waals surface area contributed by atoms with Crippen molar-refractivity contribution in [2.24, 2.45) is 27.8 Å². The number of fused-ring (bicyclic) bond motifs is 1. The van der Waals surface area contributed by atoms with E-state index in [4.69, 9.17) is 5.21 Å². The molecule has 0 radical (unpaired) electrons. The molecular weight excluding hydrogens is 166 g/mol. The number of oxime groups is 1. The van der Waals surface area contributed by atoms with E-state index < -0.39 is 0 Å². The van der Waals surface area contributed by atoms with Gasteiger partial charge in [-0.25, -0.2) is 0 Å². The summed E-state index contributed by atoms with van der Waals surface area (Å²) in [6.45, 7) is 8.11. The van der Waals surface area contributed by atoms with Crippen molar-refractivity contribution in [2.75, 3.05) is 0 Å². The maximum atomic E-state index is 10.0. The van der Waals surface area contributed by atoms with Gasteiger partial charge in [0, 0.05) is 17.3 Å². The summed E-state index contributed by atoms with van der Waals surface area (Å²) >= 11 is 0. The summed E-state index contributed by atoms with van der Waals surface area (Å²) in [6, 6.07) is 0. The molecule has 0 amide bonds. The summed E-state index contributed by atoms with van der Waals surface area (Å²) in [5.41, 5.74) is 0.547. The van der Waals surface area contributed by atoms with Gasteiger partial charge in [0.25, 0.3) is 0 Å². The highest BCUT2D eigenvalue weighted by Gasteiger charge is 2.73. The topological polar surface area (TPSA) is 52.8 Å². The summed E-state index contributed by atoms with van der Waals surface area (Å²) in [5.74, 6) is 0.566. The maximum Gasteiger partial charge on any atom is 0.0692 e. The van der Waals surface area contributed by atoms with E-state index in [1.807, 2.05) is 13.8 Å². The average Bonchev–Trinajstić information content (AvgIpc) is 2.44. The highest BCUT2D eigenvalue weighted by molar-refractivity contribution is 5.98. The van der Waals surface area contributed by atoms with Crippen molar-refractivity contribution in [1.29, 1.82) is 0 Å². The van der Waals surface area contributed by atoms with E-state index in [9.17, 15) is 5.11 Å². The van der Waals surface area contributed by atoms with E-state index in [0.29, 0.717) is 0 Å². The minimum Gasteiger partial charge on any atom is -0.411 e. The zero-order valence-electron chi connectivity index (χ0n) is 8.57. The van der Waals surface area contributed by atoms with Gasteiger partial charge < -0.3 is 10.3 Å². The zero-order valence-corrected chi connectivity index (χ0v) is 8.57. The van der Waals surface area contributed by atoms with Gasteiger partial charge in [-0.15, -0.1) is 0 Å². The Hall–Kier alpha value is -0.570. The van der Waals surface area contributed by atoms with E-state index in [1.165, 1.54) is 0 Å². The molecule has 0 aliphatic heterocycles. The largest absolute Gasteiger partial charge is 0.411 e. The fraction of sp³-hybridized carbons (Fsp3) is 0.900. The lowest BCUT2D eigenvalue weighted by Gasteiger charge is -2.29. The Kier molecular flexibility index (Phi) is 1.44. The Labute approximate surface area is 78.4 Å². The highest BCUT2D eigenvalue weighted by Crippen LogP contribution is 2.69. The molecule has 13 heavy (non-hydrogen) atoms. The van der Waals surface area contributed by atoms with E-state index in [-0.39, 0.29) is 28.8 Å². The standard InChI is InChI=1S/C10H17NO2/c1-9(2)5-6(9)8(12)10(3,4)7(5)11-13/h5-6,8,12-13H,1-4H3/b11-7+/t5-,6+,8-/m0/s1. The molecule has 0 aromatic rings. The maximum absolute atomic E-state index is 10.0. The van der Waals surface area contributed by atoms with Crippen molar-refractivity contribution < 1.29 is 10.3 Å². The summed E-state index contributed by atoms with van der Waals surface area (Å²) in [4.78, 5) is 0. The summed E-state index contributed by atoms with van der Waals surface area (Å²) in [7, 11) is 0. The van der Waals surface area contributed by atoms with Crippen LogP contribution in [0.4, 0.5) is 0 Å².